The van der Waals surface area contributed by atoms with E-state index >= 15 is 0 Å². The van der Waals surface area contributed by atoms with E-state index in [-0.39, 0.29) is 34.7 Å². The Labute approximate surface area is 198 Å². The van der Waals surface area contributed by atoms with Gasteiger partial charge in [0.05, 0.1) is 34.9 Å². The molecule has 0 aliphatic heterocycles. The van der Waals surface area contributed by atoms with Gasteiger partial charge in [0, 0.05) is 17.0 Å². The van der Waals surface area contributed by atoms with E-state index in [9.17, 15) is 19.7 Å². The summed E-state index contributed by atoms with van der Waals surface area (Å²) in [5.74, 6) is -0.0822. The first-order valence-corrected chi connectivity index (χ1v) is 12.4. The second kappa shape index (κ2) is 9.52. The molecule has 1 saturated carbocycles. The van der Waals surface area contributed by atoms with Crippen molar-refractivity contribution in [2.75, 3.05) is 18.2 Å². The lowest BCUT2D eigenvalue weighted by molar-refractivity contribution is -0.384. The predicted molar refractivity (Wildman–Crippen MR) is 130 cm³/mol. The van der Waals surface area contributed by atoms with Crippen LogP contribution in [-0.4, -0.2) is 33.2 Å². The summed E-state index contributed by atoms with van der Waals surface area (Å²) >= 11 is 2.72. The van der Waals surface area contributed by atoms with Crippen LogP contribution in [0.2, 0.25) is 0 Å². The lowest BCUT2D eigenvalue weighted by Crippen LogP contribution is -2.27. The van der Waals surface area contributed by atoms with E-state index in [4.69, 9.17) is 9.72 Å². The molecule has 0 saturated heterocycles. The number of hydrogen-bond acceptors (Lipinski definition) is 8. The SMILES string of the molecule is COc1cc([N+](=O)[O-])ccc1NC(=O)CSc1nc2sc(C)c(C)c2c(=O)n1C1CCCC1. The Balaban J connectivity index is 1.59. The number of nitro benzene ring substituents is 1. The fraction of sp³-hybridized carbons (Fsp3) is 0.409. The summed E-state index contributed by atoms with van der Waals surface area (Å²) in [5, 5.41) is 14.9. The molecular weight excluding hydrogens is 464 g/mol. The number of anilines is 1. The zero-order valence-corrected chi connectivity index (χ0v) is 20.2. The zero-order chi connectivity index (χ0) is 23.7. The van der Waals surface area contributed by atoms with Gasteiger partial charge in [0.15, 0.2) is 5.16 Å². The number of thioether (sulfide) groups is 1. The molecule has 1 fully saturated rings. The highest BCUT2D eigenvalue weighted by Crippen LogP contribution is 2.35. The summed E-state index contributed by atoms with van der Waals surface area (Å²) in [7, 11) is 1.38. The minimum atomic E-state index is -0.526. The Bertz CT molecular complexity index is 1290. The normalized spacial score (nSPS) is 14.0. The van der Waals surface area contributed by atoms with Crippen molar-refractivity contribution in [3.63, 3.8) is 0 Å². The number of nitro groups is 1. The Morgan fingerprint density at radius 2 is 2.09 bits per heavy atom. The lowest BCUT2D eigenvalue weighted by atomic mass is 10.2. The first-order chi connectivity index (χ1) is 15.8. The third-order valence-corrected chi connectivity index (χ3v) is 7.95. The monoisotopic (exact) mass is 488 g/mol. The summed E-state index contributed by atoms with van der Waals surface area (Å²) in [5.41, 5.74) is 1.15. The van der Waals surface area contributed by atoms with Crippen LogP contribution in [0.1, 0.15) is 42.2 Å². The molecule has 0 atom stereocenters. The number of hydrogen-bond donors (Lipinski definition) is 1. The highest BCUT2D eigenvalue weighted by atomic mass is 32.2. The molecular formula is C22H24N4O5S2. The number of carbonyl (C=O) groups is 1. The van der Waals surface area contributed by atoms with Crippen molar-refractivity contribution in [2.24, 2.45) is 0 Å². The molecule has 3 aromatic rings. The number of non-ortho nitro benzene ring substituents is 1. The van der Waals surface area contributed by atoms with Crippen molar-refractivity contribution < 1.29 is 14.5 Å². The number of thiophene rings is 1. The number of carbonyl (C=O) groups excluding carboxylic acids is 1. The van der Waals surface area contributed by atoms with Gasteiger partial charge in [-0.1, -0.05) is 24.6 Å². The fourth-order valence-electron chi connectivity index (χ4n) is 4.09. The molecule has 0 bridgehead atoms. The van der Waals surface area contributed by atoms with E-state index in [1.54, 1.807) is 4.57 Å². The third-order valence-electron chi connectivity index (χ3n) is 5.89. The minimum absolute atomic E-state index is 0.0336. The number of ether oxygens (including phenoxy) is 1. The topological polar surface area (TPSA) is 116 Å². The van der Waals surface area contributed by atoms with Gasteiger partial charge in [0.1, 0.15) is 10.6 Å². The van der Waals surface area contributed by atoms with Crippen molar-refractivity contribution >= 4 is 50.6 Å². The molecule has 2 heterocycles. The quantitative estimate of drug-likeness (QED) is 0.219. The molecule has 9 nitrogen and oxygen atoms in total. The van der Waals surface area contributed by atoms with Crippen LogP contribution in [0.3, 0.4) is 0 Å². The number of amides is 1. The van der Waals surface area contributed by atoms with Crippen molar-refractivity contribution in [1.29, 1.82) is 0 Å². The van der Waals surface area contributed by atoms with Crippen LogP contribution >= 0.6 is 23.1 Å². The highest BCUT2D eigenvalue weighted by Gasteiger charge is 2.25. The lowest BCUT2D eigenvalue weighted by Gasteiger charge is -2.18. The summed E-state index contributed by atoms with van der Waals surface area (Å²) in [6.07, 6.45) is 3.99. The fourth-order valence-corrected chi connectivity index (χ4v) is 6.02. The molecule has 2 aromatic heterocycles. The van der Waals surface area contributed by atoms with Gasteiger partial charge < -0.3 is 10.1 Å². The van der Waals surface area contributed by atoms with Crippen LogP contribution in [0.25, 0.3) is 10.2 Å². The molecule has 11 heteroatoms. The Morgan fingerprint density at radius 3 is 2.76 bits per heavy atom. The highest BCUT2D eigenvalue weighted by molar-refractivity contribution is 7.99. The first-order valence-electron chi connectivity index (χ1n) is 10.6. The maximum absolute atomic E-state index is 13.4. The van der Waals surface area contributed by atoms with Crippen LogP contribution < -0.4 is 15.6 Å². The van der Waals surface area contributed by atoms with Gasteiger partial charge in [-0.15, -0.1) is 11.3 Å². The molecule has 4 rings (SSSR count). The molecule has 0 radical (unpaired) electrons. The maximum Gasteiger partial charge on any atom is 0.273 e. The minimum Gasteiger partial charge on any atom is -0.494 e. The predicted octanol–water partition coefficient (Wildman–Crippen LogP) is 4.84. The van der Waals surface area contributed by atoms with Gasteiger partial charge >= 0.3 is 0 Å². The number of rotatable bonds is 7. The average Bonchev–Trinajstić information content (AvgIpc) is 3.40. The van der Waals surface area contributed by atoms with Crippen LogP contribution in [-0.2, 0) is 4.79 Å². The second-order valence-corrected chi connectivity index (χ2v) is 10.1. The van der Waals surface area contributed by atoms with Crippen LogP contribution in [0.15, 0.2) is 28.2 Å². The van der Waals surface area contributed by atoms with Gasteiger partial charge in [-0.3, -0.25) is 24.3 Å². The van der Waals surface area contributed by atoms with Crippen molar-refractivity contribution in [3.8, 4) is 5.75 Å². The van der Waals surface area contributed by atoms with Crippen LogP contribution in [0.4, 0.5) is 11.4 Å². The standard InChI is InChI=1S/C22H24N4O5S2/c1-12-13(2)33-20-19(12)21(28)25(14-6-4-5-7-14)22(24-20)32-11-18(27)23-16-9-8-15(26(29)30)10-17(16)31-3/h8-10,14H,4-7,11H2,1-3H3,(H,23,27). The molecule has 0 spiro atoms. The number of aromatic nitrogens is 2. The number of nitrogens with zero attached hydrogens (tertiary/aromatic N) is 3. The second-order valence-electron chi connectivity index (χ2n) is 7.95. The van der Waals surface area contributed by atoms with Crippen LogP contribution in [0.5, 0.6) is 5.75 Å². The van der Waals surface area contributed by atoms with E-state index < -0.39 is 4.92 Å². The number of benzene rings is 1. The van der Waals surface area contributed by atoms with E-state index in [1.165, 1.54) is 48.4 Å². The summed E-state index contributed by atoms with van der Waals surface area (Å²) in [4.78, 5) is 43.1. The molecule has 33 heavy (non-hydrogen) atoms. The van der Waals surface area contributed by atoms with Crippen molar-refractivity contribution in [1.82, 2.24) is 9.55 Å². The summed E-state index contributed by atoms with van der Waals surface area (Å²) < 4.78 is 6.96. The van der Waals surface area contributed by atoms with Gasteiger partial charge in [-0.2, -0.15) is 0 Å². The van der Waals surface area contributed by atoms with Crippen molar-refractivity contribution in [2.45, 2.75) is 50.7 Å². The molecule has 1 aliphatic carbocycles. The van der Waals surface area contributed by atoms with Gasteiger partial charge in [-0.25, -0.2) is 4.98 Å². The maximum atomic E-state index is 13.4. The Hall–Kier alpha value is -2.92. The zero-order valence-electron chi connectivity index (χ0n) is 18.5. The number of fused-ring (bicyclic) bond motifs is 1. The molecule has 0 unspecified atom stereocenters. The third kappa shape index (κ3) is 4.60. The number of nitrogens with one attached hydrogen (secondary N) is 1. The molecule has 1 amide bonds. The average molecular weight is 489 g/mol. The van der Waals surface area contributed by atoms with Crippen LogP contribution in [0, 0.1) is 24.0 Å². The molecule has 1 aromatic carbocycles. The Kier molecular flexibility index (Phi) is 6.71. The molecule has 174 valence electrons. The van der Waals surface area contributed by atoms with E-state index in [2.05, 4.69) is 5.32 Å². The molecule has 1 N–H and O–H groups in total. The van der Waals surface area contributed by atoms with E-state index in [0.717, 1.165) is 36.1 Å². The van der Waals surface area contributed by atoms with E-state index in [0.29, 0.717) is 21.1 Å². The smallest absolute Gasteiger partial charge is 0.273 e. The van der Waals surface area contributed by atoms with Gasteiger partial charge in [0.25, 0.3) is 11.2 Å². The summed E-state index contributed by atoms with van der Waals surface area (Å²) in [6.45, 7) is 3.94. The first kappa shape index (κ1) is 23.2. The van der Waals surface area contributed by atoms with Crippen molar-refractivity contribution in [3.05, 3.63) is 49.1 Å². The number of aryl methyl sites for hydroxylation is 2. The molecule has 1 aliphatic rings. The largest absolute Gasteiger partial charge is 0.494 e. The van der Waals surface area contributed by atoms with Gasteiger partial charge in [-0.05, 0) is 38.3 Å². The Morgan fingerprint density at radius 1 is 1.36 bits per heavy atom. The number of methoxy groups -OCH3 is 1. The summed E-state index contributed by atoms with van der Waals surface area (Å²) in [6, 6.07) is 4.10. The van der Waals surface area contributed by atoms with Gasteiger partial charge in [0.2, 0.25) is 5.91 Å². The van der Waals surface area contributed by atoms with E-state index in [1.807, 2.05) is 13.8 Å².